The quantitative estimate of drug-likeness (QED) is 0.494. The van der Waals surface area contributed by atoms with E-state index < -0.39 is 0 Å². The predicted octanol–water partition coefficient (Wildman–Crippen LogP) is 0.619. The fourth-order valence-corrected chi connectivity index (χ4v) is 0.867. The summed E-state index contributed by atoms with van der Waals surface area (Å²) < 4.78 is 13.2. The van der Waals surface area contributed by atoms with Crippen molar-refractivity contribution in [3.63, 3.8) is 0 Å². The maximum atomic E-state index is 12.1. The molecule has 2 heteroatoms. The maximum absolute atomic E-state index is 12.1. The molecule has 1 rings (SSSR count). The molecular formula is C6H4FGa. The molecule has 0 aliphatic rings. The Kier molecular flexibility index (Phi) is 1.75. The van der Waals surface area contributed by atoms with Crippen LogP contribution in [0.5, 0.6) is 0 Å². The average molecular weight is 165 g/mol. The van der Waals surface area contributed by atoms with Gasteiger partial charge in [0.15, 0.2) is 0 Å². The molecule has 0 bridgehead atoms. The van der Waals surface area contributed by atoms with Gasteiger partial charge in [0.25, 0.3) is 0 Å². The molecule has 8 heavy (non-hydrogen) atoms. The molecule has 0 aromatic heterocycles. The Balaban J connectivity index is 3.03. The molecule has 0 heterocycles. The fourth-order valence-electron chi connectivity index (χ4n) is 0.463. The van der Waals surface area contributed by atoms with Gasteiger partial charge in [-0.15, -0.1) is 0 Å². The molecule has 0 aliphatic heterocycles. The second kappa shape index (κ2) is 2.37. The van der Waals surface area contributed by atoms with Gasteiger partial charge in [-0.3, -0.25) is 0 Å². The molecular weight excluding hydrogens is 161 g/mol. The molecule has 0 amide bonds. The summed E-state index contributed by atoms with van der Waals surface area (Å²) in [5, 5.41) is 0. The van der Waals surface area contributed by atoms with Gasteiger partial charge in [0.2, 0.25) is 0 Å². The van der Waals surface area contributed by atoms with E-state index in [1.165, 1.54) is 30.7 Å². The summed E-state index contributed by atoms with van der Waals surface area (Å²) in [5.74, 6) is -0.161. The van der Waals surface area contributed by atoms with Crippen LogP contribution in [0.1, 0.15) is 0 Å². The monoisotopic (exact) mass is 164 g/mol. The van der Waals surface area contributed by atoms with Crippen LogP contribution in [-0.4, -0.2) is 18.6 Å². The summed E-state index contributed by atoms with van der Waals surface area (Å²) >= 11 is 1.51. The topological polar surface area (TPSA) is 0 Å². The zero-order valence-corrected chi connectivity index (χ0v) is 6.69. The van der Waals surface area contributed by atoms with Crippen molar-refractivity contribution in [3.05, 3.63) is 30.1 Å². The Hall–Kier alpha value is -0.214. The van der Waals surface area contributed by atoms with E-state index in [0.717, 1.165) is 4.12 Å². The van der Waals surface area contributed by atoms with E-state index in [4.69, 9.17) is 0 Å². The molecule has 0 nitrogen and oxygen atoms in total. The molecule has 0 unspecified atom stereocenters. The Morgan fingerprint density at radius 1 is 1.12 bits per heavy atom. The summed E-state index contributed by atoms with van der Waals surface area (Å²) in [5.41, 5.74) is 0. The molecule has 38 valence electrons. The Bertz CT molecular complexity index is 147. The zero-order chi connectivity index (χ0) is 5.98. The van der Waals surface area contributed by atoms with Crippen LogP contribution in [0.2, 0.25) is 0 Å². The normalized spacial score (nSPS) is 9.12. The van der Waals surface area contributed by atoms with E-state index in [0.29, 0.717) is 0 Å². The summed E-state index contributed by atoms with van der Waals surface area (Å²) in [6.07, 6.45) is 0. The van der Waals surface area contributed by atoms with Crippen molar-refractivity contribution in [1.29, 1.82) is 0 Å². The molecule has 0 fully saturated rings. The van der Waals surface area contributed by atoms with Crippen molar-refractivity contribution in [1.82, 2.24) is 0 Å². The summed E-state index contributed by atoms with van der Waals surface area (Å²) in [7, 11) is 0. The molecule has 0 saturated carbocycles. The van der Waals surface area contributed by atoms with E-state index in [9.17, 15) is 4.39 Å². The molecule has 0 aliphatic carbocycles. The van der Waals surface area contributed by atoms with Crippen LogP contribution >= 0.6 is 0 Å². The van der Waals surface area contributed by atoms with Crippen LogP contribution in [0.3, 0.4) is 0 Å². The van der Waals surface area contributed by atoms with E-state index in [2.05, 4.69) is 0 Å². The van der Waals surface area contributed by atoms with Crippen LogP contribution in [-0.2, 0) is 0 Å². The first-order chi connectivity index (χ1) is 3.79. The van der Waals surface area contributed by atoms with E-state index in [1.807, 2.05) is 0 Å². The van der Waals surface area contributed by atoms with Crippen molar-refractivity contribution in [3.8, 4) is 0 Å². The van der Waals surface area contributed by atoms with Crippen LogP contribution in [0.4, 0.5) is 4.39 Å². The number of hydrogen-bond donors (Lipinski definition) is 0. The summed E-state index contributed by atoms with van der Waals surface area (Å²) in [6, 6.07) is 6.48. The molecule has 0 N–H and O–H groups in total. The van der Waals surface area contributed by atoms with Gasteiger partial charge in [-0.1, -0.05) is 0 Å². The second-order valence-corrected chi connectivity index (χ2v) is 2.95. The van der Waals surface area contributed by atoms with Crippen LogP contribution in [0.15, 0.2) is 24.3 Å². The first kappa shape index (κ1) is 5.91. The molecule has 0 atom stereocenters. The van der Waals surface area contributed by atoms with Crippen molar-refractivity contribution in [2.24, 2.45) is 0 Å². The van der Waals surface area contributed by atoms with Crippen molar-refractivity contribution in [2.45, 2.75) is 0 Å². The second-order valence-electron chi connectivity index (χ2n) is 1.55. The number of hydrogen-bond acceptors (Lipinski definition) is 0. The number of benzene rings is 1. The minimum absolute atomic E-state index is 0.161. The first-order valence-corrected chi connectivity index (χ1v) is 3.51. The number of halogens is 1. The van der Waals surface area contributed by atoms with Gasteiger partial charge in [-0.25, -0.2) is 0 Å². The van der Waals surface area contributed by atoms with Gasteiger partial charge in [-0.2, -0.15) is 0 Å². The Labute approximate surface area is 57.6 Å². The van der Waals surface area contributed by atoms with Gasteiger partial charge < -0.3 is 0 Å². The molecule has 1 aromatic rings. The third-order valence-electron chi connectivity index (χ3n) is 0.870. The molecule has 0 saturated heterocycles. The van der Waals surface area contributed by atoms with Gasteiger partial charge in [0.1, 0.15) is 0 Å². The minimum atomic E-state index is -0.161. The summed E-state index contributed by atoms with van der Waals surface area (Å²) in [4.78, 5) is 0. The van der Waals surface area contributed by atoms with E-state index in [-0.39, 0.29) is 5.82 Å². The molecule has 0 spiro atoms. The Morgan fingerprint density at radius 3 is 2.00 bits per heavy atom. The molecule has 1 aromatic carbocycles. The predicted molar refractivity (Wildman–Crippen MR) is 31.8 cm³/mol. The van der Waals surface area contributed by atoms with Gasteiger partial charge in [0.05, 0.1) is 0 Å². The standard InChI is InChI=1S/C6H4F.Ga/c7-6-4-2-1-3-5-6;/h2-5H;. The SMILES string of the molecule is Fc1cc[c]([Ga])cc1. The Morgan fingerprint density at radius 2 is 1.62 bits per heavy atom. The third-order valence-corrected chi connectivity index (χ3v) is 1.68. The van der Waals surface area contributed by atoms with Crippen molar-refractivity contribution in [2.75, 3.05) is 0 Å². The van der Waals surface area contributed by atoms with Gasteiger partial charge in [0, 0.05) is 0 Å². The van der Waals surface area contributed by atoms with Crippen LogP contribution < -0.4 is 4.12 Å². The zero-order valence-electron chi connectivity index (χ0n) is 4.26. The van der Waals surface area contributed by atoms with Crippen molar-refractivity contribution < 1.29 is 4.39 Å². The third kappa shape index (κ3) is 1.38. The number of rotatable bonds is 0. The summed E-state index contributed by atoms with van der Waals surface area (Å²) in [6.45, 7) is 0. The van der Waals surface area contributed by atoms with Crippen LogP contribution in [0, 0.1) is 5.82 Å². The van der Waals surface area contributed by atoms with Crippen molar-refractivity contribution >= 4 is 22.7 Å². The van der Waals surface area contributed by atoms with E-state index >= 15 is 0 Å². The first-order valence-electron chi connectivity index (χ1n) is 2.30. The van der Waals surface area contributed by atoms with E-state index in [1.54, 1.807) is 12.1 Å². The fraction of sp³-hybridized carbons (Fsp3) is 0. The van der Waals surface area contributed by atoms with Gasteiger partial charge >= 0.3 is 57.2 Å². The molecule has 2 radical (unpaired) electrons. The van der Waals surface area contributed by atoms with Crippen LogP contribution in [0.25, 0.3) is 0 Å². The van der Waals surface area contributed by atoms with Gasteiger partial charge in [-0.05, 0) is 0 Å². The average Bonchev–Trinajstić information content (AvgIpc) is 1.77.